The molecule has 16 heavy (non-hydrogen) atoms. The van der Waals surface area contributed by atoms with Crippen LogP contribution in [-0.2, 0) is 0 Å². The van der Waals surface area contributed by atoms with E-state index in [1.165, 1.54) is 0 Å². The highest BCUT2D eigenvalue weighted by molar-refractivity contribution is 6.30. The maximum atomic E-state index is 12.1. The molecule has 1 aliphatic heterocycles. The summed E-state index contributed by atoms with van der Waals surface area (Å²) in [6.45, 7) is 1.87. The summed E-state index contributed by atoms with van der Waals surface area (Å²) >= 11 is 5.79. The first-order valence-corrected chi connectivity index (χ1v) is 5.80. The summed E-state index contributed by atoms with van der Waals surface area (Å²) in [5.41, 5.74) is 0.693. The molecule has 1 aromatic rings. The van der Waals surface area contributed by atoms with Crippen LogP contribution in [0.25, 0.3) is 0 Å². The molecule has 0 aromatic heterocycles. The van der Waals surface area contributed by atoms with Crippen molar-refractivity contribution in [2.24, 2.45) is 0 Å². The number of amides is 1. The third-order valence-electron chi connectivity index (χ3n) is 2.99. The van der Waals surface area contributed by atoms with Gasteiger partial charge >= 0.3 is 0 Å². The van der Waals surface area contributed by atoms with Gasteiger partial charge < -0.3 is 10.2 Å². The lowest BCUT2D eigenvalue weighted by Gasteiger charge is -2.23. The molecule has 1 atom stereocenters. The van der Waals surface area contributed by atoms with Gasteiger partial charge in [-0.25, -0.2) is 0 Å². The van der Waals surface area contributed by atoms with Crippen molar-refractivity contribution in [3.63, 3.8) is 0 Å². The van der Waals surface area contributed by atoms with Gasteiger partial charge in [0.1, 0.15) is 0 Å². The molecule has 1 aromatic carbocycles. The molecule has 0 aliphatic carbocycles. The minimum absolute atomic E-state index is 0.0605. The van der Waals surface area contributed by atoms with Crippen molar-refractivity contribution in [3.05, 3.63) is 34.9 Å². The van der Waals surface area contributed by atoms with E-state index in [1.807, 2.05) is 11.9 Å². The second kappa shape index (κ2) is 4.85. The number of hydrogen-bond donors (Lipinski definition) is 1. The Bertz CT molecular complexity index is 371. The van der Waals surface area contributed by atoms with Crippen LogP contribution in [0.1, 0.15) is 16.8 Å². The van der Waals surface area contributed by atoms with E-state index in [1.54, 1.807) is 24.3 Å². The van der Waals surface area contributed by atoms with Gasteiger partial charge in [-0.1, -0.05) is 11.6 Å². The fourth-order valence-corrected chi connectivity index (χ4v) is 2.06. The topological polar surface area (TPSA) is 32.3 Å². The summed E-state index contributed by atoms with van der Waals surface area (Å²) in [6, 6.07) is 7.33. The maximum absolute atomic E-state index is 12.1. The van der Waals surface area contributed by atoms with E-state index in [9.17, 15) is 4.79 Å². The highest BCUT2D eigenvalue weighted by atomic mass is 35.5. The van der Waals surface area contributed by atoms with Crippen LogP contribution in [0.15, 0.2) is 24.3 Å². The molecule has 1 heterocycles. The molecule has 0 saturated carbocycles. The molecule has 1 N–H and O–H groups in total. The van der Waals surface area contributed by atoms with Crippen LogP contribution in [0.4, 0.5) is 0 Å². The van der Waals surface area contributed by atoms with Crippen molar-refractivity contribution in [2.45, 2.75) is 12.5 Å². The summed E-state index contributed by atoms with van der Waals surface area (Å²) in [4.78, 5) is 13.9. The molecule has 3 nitrogen and oxygen atoms in total. The van der Waals surface area contributed by atoms with Crippen molar-refractivity contribution in [2.75, 3.05) is 20.1 Å². The van der Waals surface area contributed by atoms with Crippen molar-refractivity contribution >= 4 is 17.5 Å². The third kappa shape index (κ3) is 2.36. The molecule has 0 radical (unpaired) electrons. The van der Waals surface area contributed by atoms with Gasteiger partial charge in [-0.3, -0.25) is 4.79 Å². The minimum atomic E-state index is 0.0605. The van der Waals surface area contributed by atoms with E-state index >= 15 is 0 Å². The van der Waals surface area contributed by atoms with Gasteiger partial charge in [0.2, 0.25) is 0 Å². The quantitative estimate of drug-likeness (QED) is 0.852. The predicted molar refractivity (Wildman–Crippen MR) is 64.8 cm³/mol. The lowest BCUT2D eigenvalue weighted by Crippen LogP contribution is -2.38. The summed E-state index contributed by atoms with van der Waals surface area (Å²) in [5, 5.41) is 3.91. The van der Waals surface area contributed by atoms with Crippen LogP contribution in [0.2, 0.25) is 5.02 Å². The van der Waals surface area contributed by atoms with E-state index in [4.69, 9.17) is 11.6 Å². The number of likely N-dealkylation sites (N-methyl/N-ethyl adjacent to an activating group) is 1. The molecule has 0 unspecified atom stereocenters. The van der Waals surface area contributed by atoms with Crippen molar-refractivity contribution < 1.29 is 4.79 Å². The summed E-state index contributed by atoms with van der Waals surface area (Å²) in [7, 11) is 1.86. The SMILES string of the molecule is CN(C(=O)c1ccc(Cl)cc1)[C@H]1CCNC1. The second-order valence-electron chi connectivity index (χ2n) is 4.07. The van der Waals surface area contributed by atoms with Gasteiger partial charge in [-0.2, -0.15) is 0 Å². The predicted octanol–water partition coefficient (Wildman–Crippen LogP) is 1.77. The van der Waals surface area contributed by atoms with Crippen LogP contribution >= 0.6 is 11.6 Å². The molecular weight excluding hydrogens is 224 g/mol. The number of rotatable bonds is 2. The fourth-order valence-electron chi connectivity index (χ4n) is 1.93. The average molecular weight is 239 g/mol. The molecule has 0 bridgehead atoms. The summed E-state index contributed by atoms with van der Waals surface area (Å²) in [5.74, 6) is 0.0605. The largest absolute Gasteiger partial charge is 0.337 e. The number of hydrogen-bond acceptors (Lipinski definition) is 2. The van der Waals surface area contributed by atoms with E-state index in [0.717, 1.165) is 19.5 Å². The molecule has 4 heteroatoms. The van der Waals surface area contributed by atoms with Gasteiger partial charge in [-0.05, 0) is 37.2 Å². The number of carbonyl (C=O) groups excluding carboxylic acids is 1. The first kappa shape index (κ1) is 11.4. The zero-order valence-electron chi connectivity index (χ0n) is 9.24. The fraction of sp³-hybridized carbons (Fsp3) is 0.417. The minimum Gasteiger partial charge on any atom is -0.337 e. The Labute approximate surface area is 100 Å². The van der Waals surface area contributed by atoms with Crippen LogP contribution in [0.5, 0.6) is 0 Å². The van der Waals surface area contributed by atoms with E-state index < -0.39 is 0 Å². The van der Waals surface area contributed by atoms with Crippen molar-refractivity contribution in [3.8, 4) is 0 Å². The van der Waals surface area contributed by atoms with Gasteiger partial charge in [0.15, 0.2) is 0 Å². The standard InChI is InChI=1S/C12H15ClN2O/c1-15(11-6-7-14-8-11)12(16)9-2-4-10(13)5-3-9/h2-5,11,14H,6-8H2,1H3/t11-/m0/s1. The Hall–Kier alpha value is -1.06. The van der Waals surface area contributed by atoms with Crippen LogP contribution in [-0.4, -0.2) is 37.0 Å². The van der Waals surface area contributed by atoms with Crippen molar-refractivity contribution in [1.29, 1.82) is 0 Å². The van der Waals surface area contributed by atoms with Crippen molar-refractivity contribution in [1.82, 2.24) is 10.2 Å². The average Bonchev–Trinajstić information content (AvgIpc) is 2.81. The Morgan fingerprint density at radius 1 is 1.44 bits per heavy atom. The monoisotopic (exact) mass is 238 g/mol. The number of nitrogens with one attached hydrogen (secondary N) is 1. The van der Waals surface area contributed by atoms with Crippen LogP contribution in [0, 0.1) is 0 Å². The van der Waals surface area contributed by atoms with Gasteiger partial charge in [0.25, 0.3) is 5.91 Å². The molecule has 1 aliphatic rings. The Morgan fingerprint density at radius 3 is 2.69 bits per heavy atom. The molecule has 2 rings (SSSR count). The number of benzene rings is 1. The first-order chi connectivity index (χ1) is 7.68. The molecule has 1 fully saturated rings. The van der Waals surface area contributed by atoms with Crippen LogP contribution < -0.4 is 5.32 Å². The molecular formula is C12H15ClN2O. The highest BCUT2D eigenvalue weighted by Gasteiger charge is 2.23. The molecule has 86 valence electrons. The van der Waals surface area contributed by atoms with E-state index in [0.29, 0.717) is 16.6 Å². The molecule has 1 saturated heterocycles. The maximum Gasteiger partial charge on any atom is 0.253 e. The van der Waals surface area contributed by atoms with Gasteiger partial charge in [-0.15, -0.1) is 0 Å². The lowest BCUT2D eigenvalue weighted by molar-refractivity contribution is 0.0744. The van der Waals surface area contributed by atoms with Crippen LogP contribution in [0.3, 0.4) is 0 Å². The van der Waals surface area contributed by atoms with E-state index in [-0.39, 0.29) is 5.91 Å². The summed E-state index contributed by atoms with van der Waals surface area (Å²) < 4.78 is 0. The normalized spacial score (nSPS) is 19.8. The van der Waals surface area contributed by atoms with Gasteiger partial charge in [0.05, 0.1) is 0 Å². The lowest BCUT2D eigenvalue weighted by atomic mass is 10.1. The second-order valence-corrected chi connectivity index (χ2v) is 4.51. The number of halogens is 1. The number of carbonyl (C=O) groups is 1. The molecule has 1 amide bonds. The zero-order chi connectivity index (χ0) is 11.5. The van der Waals surface area contributed by atoms with Gasteiger partial charge in [0, 0.05) is 30.2 Å². The Morgan fingerprint density at radius 2 is 2.12 bits per heavy atom. The number of nitrogens with zero attached hydrogens (tertiary/aromatic N) is 1. The highest BCUT2D eigenvalue weighted by Crippen LogP contribution is 2.14. The Balaban J connectivity index is 2.08. The summed E-state index contributed by atoms with van der Waals surface area (Å²) in [6.07, 6.45) is 1.02. The Kier molecular flexibility index (Phi) is 3.46. The molecule has 0 spiro atoms. The zero-order valence-corrected chi connectivity index (χ0v) is 10.00. The third-order valence-corrected chi connectivity index (χ3v) is 3.25. The van der Waals surface area contributed by atoms with E-state index in [2.05, 4.69) is 5.32 Å². The smallest absolute Gasteiger partial charge is 0.253 e. The first-order valence-electron chi connectivity index (χ1n) is 5.42.